The minimum atomic E-state index is 0. The van der Waals surface area contributed by atoms with E-state index in [2.05, 4.69) is 47.3 Å². The summed E-state index contributed by atoms with van der Waals surface area (Å²) in [7, 11) is 0. The summed E-state index contributed by atoms with van der Waals surface area (Å²) in [4.78, 5) is 5.48. The van der Waals surface area contributed by atoms with Gasteiger partial charge >= 0.3 is 4.96 Å². The van der Waals surface area contributed by atoms with Crippen molar-refractivity contribution in [3.63, 3.8) is 0 Å². The molecule has 0 unspecified atom stereocenters. The summed E-state index contributed by atoms with van der Waals surface area (Å²) in [6.45, 7) is 4.08. The first-order chi connectivity index (χ1) is 9.22. The van der Waals surface area contributed by atoms with Gasteiger partial charge in [-0.05, 0) is 21.9 Å². The zero-order chi connectivity index (χ0) is 13.2. The second kappa shape index (κ2) is 6.52. The number of nitrogens with zero attached hydrogens (tertiary/aromatic N) is 3. The lowest BCUT2D eigenvalue weighted by molar-refractivity contribution is -0.588. The number of thioether (sulfide) groups is 1. The molecule has 2 aromatic heterocycles. The van der Waals surface area contributed by atoms with Crippen molar-refractivity contribution in [1.29, 1.82) is 0 Å². The molecule has 0 fully saturated rings. The van der Waals surface area contributed by atoms with Gasteiger partial charge in [-0.15, -0.1) is 0 Å². The van der Waals surface area contributed by atoms with Gasteiger partial charge in [-0.1, -0.05) is 51.7 Å². The molecule has 104 valence electrons. The molecule has 0 spiro atoms. The third-order valence-corrected chi connectivity index (χ3v) is 4.88. The van der Waals surface area contributed by atoms with E-state index < -0.39 is 0 Å². The van der Waals surface area contributed by atoms with Crippen molar-refractivity contribution >= 4 is 28.1 Å². The molecule has 0 aliphatic carbocycles. The van der Waals surface area contributed by atoms with Crippen LogP contribution in [0.3, 0.4) is 0 Å². The van der Waals surface area contributed by atoms with Crippen LogP contribution in [0, 0.1) is 13.8 Å². The number of aryl methyl sites for hydroxylation is 2. The monoisotopic (exact) mass is 323 g/mol. The summed E-state index contributed by atoms with van der Waals surface area (Å²) in [6.07, 6.45) is 0. The van der Waals surface area contributed by atoms with E-state index in [0.29, 0.717) is 0 Å². The summed E-state index contributed by atoms with van der Waals surface area (Å²) in [5.41, 5.74) is 3.49. The van der Waals surface area contributed by atoms with E-state index in [0.717, 1.165) is 26.4 Å². The average Bonchev–Trinajstić information content (AvgIpc) is 2.81. The Morgan fingerprint density at radius 1 is 1.20 bits per heavy atom. The lowest BCUT2D eigenvalue weighted by Gasteiger charge is -1.95. The number of hydrogen-bond donors (Lipinski definition) is 0. The van der Waals surface area contributed by atoms with E-state index in [1.54, 1.807) is 23.1 Å². The minimum absolute atomic E-state index is 0. The van der Waals surface area contributed by atoms with E-state index >= 15 is 0 Å². The maximum atomic E-state index is 4.60. The Hall–Kier alpha value is -1.17. The fraction of sp³-hybridized carbons (Fsp3) is 0.214. The molecule has 20 heavy (non-hydrogen) atoms. The van der Waals surface area contributed by atoms with Crippen LogP contribution in [0.15, 0.2) is 40.7 Å². The highest BCUT2D eigenvalue weighted by molar-refractivity contribution is 8.00. The number of aromatic nitrogens is 3. The van der Waals surface area contributed by atoms with Crippen LogP contribution in [-0.2, 0) is 5.75 Å². The van der Waals surface area contributed by atoms with E-state index in [-0.39, 0.29) is 12.4 Å². The molecular formula is C14H14ClN3S2. The second-order valence-electron chi connectivity index (χ2n) is 4.38. The van der Waals surface area contributed by atoms with Gasteiger partial charge in [0.15, 0.2) is 5.69 Å². The molecular weight excluding hydrogens is 310 g/mol. The van der Waals surface area contributed by atoms with E-state index in [1.807, 2.05) is 17.5 Å². The minimum Gasteiger partial charge on any atom is -1.00 e. The van der Waals surface area contributed by atoms with Crippen LogP contribution in [-0.4, -0.2) is 10.1 Å². The van der Waals surface area contributed by atoms with Crippen LogP contribution in [0.4, 0.5) is 0 Å². The van der Waals surface area contributed by atoms with Gasteiger partial charge in [-0.3, -0.25) is 0 Å². The zero-order valence-electron chi connectivity index (χ0n) is 11.2. The molecule has 3 rings (SSSR count). The molecule has 1 aromatic carbocycles. The van der Waals surface area contributed by atoms with Crippen molar-refractivity contribution in [2.45, 2.75) is 23.9 Å². The fourth-order valence-corrected chi connectivity index (χ4v) is 3.89. The molecule has 6 heteroatoms. The molecule has 0 saturated heterocycles. The van der Waals surface area contributed by atoms with Crippen LogP contribution in [0.1, 0.15) is 17.0 Å². The molecule has 0 saturated carbocycles. The Bertz CT molecular complexity index is 713. The predicted molar refractivity (Wildman–Crippen MR) is 78.5 cm³/mol. The number of rotatable bonds is 3. The standard InChI is InChI=1S/C14H14N3S2.ClH/c1-10-8-11(2)17-13(15-10)19-14(16-17)18-9-12-6-4-3-5-7-12;/h3-8H,9H2,1-2H3;1H/q+1;/p-1. The molecule has 0 bridgehead atoms. The molecule has 0 radical (unpaired) electrons. The number of fused-ring (bicyclic) bond motifs is 1. The lowest BCUT2D eigenvalue weighted by Crippen LogP contribution is -3.00. The van der Waals surface area contributed by atoms with Crippen LogP contribution >= 0.6 is 23.1 Å². The van der Waals surface area contributed by atoms with Gasteiger partial charge in [0.25, 0.3) is 0 Å². The highest BCUT2D eigenvalue weighted by Crippen LogP contribution is 2.25. The topological polar surface area (TPSA) is 29.9 Å². The second-order valence-corrected chi connectivity index (χ2v) is 6.55. The van der Waals surface area contributed by atoms with Crippen LogP contribution in [0.25, 0.3) is 4.96 Å². The SMILES string of the molecule is Cc1cc(C)[n+]2nc(SCc3ccccc3)sc2n1.[Cl-]. The van der Waals surface area contributed by atoms with Gasteiger partial charge in [0.1, 0.15) is 5.69 Å². The summed E-state index contributed by atoms with van der Waals surface area (Å²) >= 11 is 3.41. The zero-order valence-corrected chi connectivity index (χ0v) is 13.6. The van der Waals surface area contributed by atoms with Gasteiger partial charge in [-0.2, -0.15) is 0 Å². The van der Waals surface area contributed by atoms with Crippen molar-refractivity contribution in [3.05, 3.63) is 53.3 Å². The highest BCUT2D eigenvalue weighted by atomic mass is 35.5. The van der Waals surface area contributed by atoms with Gasteiger partial charge in [-0.25, -0.2) is 0 Å². The predicted octanol–water partition coefficient (Wildman–Crippen LogP) is 0.190. The van der Waals surface area contributed by atoms with Gasteiger partial charge in [0.2, 0.25) is 4.34 Å². The normalized spacial score (nSPS) is 10.5. The van der Waals surface area contributed by atoms with Crippen molar-refractivity contribution in [3.8, 4) is 0 Å². The fourth-order valence-electron chi connectivity index (χ4n) is 1.89. The number of hydrogen-bond acceptors (Lipinski definition) is 4. The third kappa shape index (κ3) is 3.29. The average molecular weight is 324 g/mol. The Balaban J connectivity index is 0.00000147. The van der Waals surface area contributed by atoms with Crippen molar-refractivity contribution in [1.82, 2.24) is 10.1 Å². The molecule has 0 amide bonds. The molecule has 3 nitrogen and oxygen atoms in total. The molecule has 2 heterocycles. The van der Waals surface area contributed by atoms with E-state index in [9.17, 15) is 0 Å². The summed E-state index contributed by atoms with van der Waals surface area (Å²) in [6, 6.07) is 12.5. The van der Waals surface area contributed by atoms with E-state index in [4.69, 9.17) is 0 Å². The first-order valence-electron chi connectivity index (χ1n) is 6.06. The number of halogens is 1. The first kappa shape index (κ1) is 15.2. The van der Waals surface area contributed by atoms with Crippen LogP contribution in [0.5, 0.6) is 0 Å². The van der Waals surface area contributed by atoms with Crippen LogP contribution < -0.4 is 16.9 Å². The maximum absolute atomic E-state index is 4.60. The molecule has 0 N–H and O–H groups in total. The van der Waals surface area contributed by atoms with Crippen LogP contribution in [0.2, 0.25) is 0 Å². The first-order valence-corrected chi connectivity index (χ1v) is 7.86. The van der Waals surface area contributed by atoms with Gasteiger partial charge < -0.3 is 12.4 Å². The van der Waals surface area contributed by atoms with Gasteiger partial charge in [0, 0.05) is 25.7 Å². The Morgan fingerprint density at radius 3 is 2.70 bits per heavy atom. The van der Waals surface area contributed by atoms with E-state index in [1.165, 1.54) is 5.56 Å². The third-order valence-electron chi connectivity index (χ3n) is 2.77. The quantitative estimate of drug-likeness (QED) is 0.509. The highest BCUT2D eigenvalue weighted by Gasteiger charge is 2.16. The molecule has 3 aromatic rings. The maximum Gasteiger partial charge on any atom is 0.410 e. The summed E-state index contributed by atoms with van der Waals surface area (Å²) < 4.78 is 2.98. The smallest absolute Gasteiger partial charge is 0.410 e. The number of benzene rings is 1. The molecule has 0 atom stereocenters. The molecule has 0 aliphatic rings. The van der Waals surface area contributed by atoms with Crippen molar-refractivity contribution in [2.75, 3.05) is 0 Å². The van der Waals surface area contributed by atoms with Gasteiger partial charge in [0.05, 0.1) is 0 Å². The Morgan fingerprint density at radius 2 is 1.95 bits per heavy atom. The molecule has 0 aliphatic heterocycles. The van der Waals surface area contributed by atoms with Crippen molar-refractivity contribution < 1.29 is 16.9 Å². The largest absolute Gasteiger partial charge is 1.00 e. The lowest BCUT2D eigenvalue weighted by atomic mass is 10.2. The van der Waals surface area contributed by atoms with Crippen molar-refractivity contribution in [2.24, 2.45) is 0 Å². The Kier molecular flexibility index (Phi) is 4.96. The Labute approximate surface area is 132 Å². The summed E-state index contributed by atoms with van der Waals surface area (Å²) in [5.74, 6) is 0.944. The summed E-state index contributed by atoms with van der Waals surface area (Å²) in [5, 5.41) is 4.60.